The highest BCUT2D eigenvalue weighted by molar-refractivity contribution is 7.18. The van der Waals surface area contributed by atoms with Gasteiger partial charge in [-0.25, -0.2) is 4.79 Å². The Kier molecular flexibility index (Phi) is 6.37. The first-order chi connectivity index (χ1) is 14.8. The van der Waals surface area contributed by atoms with Gasteiger partial charge < -0.3 is 14.4 Å². The number of nitrogens with zero attached hydrogens (tertiary/aromatic N) is 1. The zero-order valence-corrected chi connectivity index (χ0v) is 19.4. The Morgan fingerprint density at radius 2 is 1.84 bits per heavy atom. The summed E-state index contributed by atoms with van der Waals surface area (Å²) in [6.07, 6.45) is 6.77. The maximum Gasteiger partial charge on any atom is 0.338 e. The molecule has 1 aliphatic heterocycles. The quantitative estimate of drug-likeness (QED) is 0.398. The molecule has 0 amide bonds. The summed E-state index contributed by atoms with van der Waals surface area (Å²) in [5.74, 6) is 1.21. The van der Waals surface area contributed by atoms with Gasteiger partial charge in [0.15, 0.2) is 11.5 Å². The number of rotatable bonds is 5. The number of ketones is 1. The van der Waals surface area contributed by atoms with Gasteiger partial charge in [-0.05, 0) is 51.0 Å². The molecule has 1 aromatic carbocycles. The number of hydrogen-bond donors (Lipinski definition) is 0. The van der Waals surface area contributed by atoms with Crippen LogP contribution in [0.1, 0.15) is 79.3 Å². The number of fused-ring (bicyclic) bond motifs is 1. The van der Waals surface area contributed by atoms with Crippen LogP contribution in [0.15, 0.2) is 30.3 Å². The zero-order chi connectivity index (χ0) is 22.0. The highest BCUT2D eigenvalue weighted by Gasteiger charge is 2.27. The van der Waals surface area contributed by atoms with Gasteiger partial charge in [-0.3, -0.25) is 4.79 Å². The number of carbonyl (C=O) groups excluding carboxylic acids is 2. The first-order valence-corrected chi connectivity index (χ1v) is 12.0. The van der Waals surface area contributed by atoms with Crippen LogP contribution >= 0.6 is 11.3 Å². The van der Waals surface area contributed by atoms with Crippen LogP contribution in [0.25, 0.3) is 0 Å². The van der Waals surface area contributed by atoms with Crippen molar-refractivity contribution in [1.29, 1.82) is 0 Å². The minimum absolute atomic E-state index is 0.232. The lowest BCUT2D eigenvalue weighted by Crippen LogP contribution is -2.27. The normalized spacial score (nSPS) is 17.1. The Labute approximate surface area is 188 Å². The van der Waals surface area contributed by atoms with E-state index in [-0.39, 0.29) is 11.8 Å². The van der Waals surface area contributed by atoms with Gasteiger partial charge >= 0.3 is 5.97 Å². The van der Waals surface area contributed by atoms with Gasteiger partial charge in [0.05, 0.1) is 17.0 Å². The van der Waals surface area contributed by atoms with E-state index in [4.69, 9.17) is 9.47 Å². The number of hydrogen-bond acceptors (Lipinski definition) is 6. The van der Waals surface area contributed by atoms with Gasteiger partial charge in [-0.15, -0.1) is 11.3 Å². The molecule has 2 heterocycles. The van der Waals surface area contributed by atoms with Crippen LogP contribution in [0.2, 0.25) is 0 Å². The Morgan fingerprint density at radius 1 is 1.13 bits per heavy atom. The molecule has 31 heavy (non-hydrogen) atoms. The van der Waals surface area contributed by atoms with Crippen molar-refractivity contribution in [3.8, 4) is 5.75 Å². The molecule has 1 fully saturated rings. The average molecular weight is 442 g/mol. The van der Waals surface area contributed by atoms with Crippen LogP contribution in [0, 0.1) is 5.92 Å². The minimum atomic E-state index is -0.521. The van der Waals surface area contributed by atoms with E-state index in [9.17, 15) is 9.59 Å². The molecular weight excluding hydrogens is 410 g/mol. The Balaban J connectivity index is 1.49. The number of ether oxygens (including phenoxy) is 2. The number of Topliss-reactive ketones (excluding diaryl/α,β-unsaturated/α-hetero) is 1. The van der Waals surface area contributed by atoms with E-state index < -0.39 is 5.60 Å². The number of thiophene rings is 1. The van der Waals surface area contributed by atoms with E-state index in [1.807, 2.05) is 39.0 Å². The monoisotopic (exact) mass is 441 g/mol. The molecule has 0 atom stereocenters. The fourth-order valence-corrected chi connectivity index (χ4v) is 5.35. The maximum absolute atomic E-state index is 12.9. The van der Waals surface area contributed by atoms with Crippen LogP contribution in [0.5, 0.6) is 5.75 Å². The number of anilines is 2. The number of esters is 1. The van der Waals surface area contributed by atoms with Gasteiger partial charge in [-0.1, -0.05) is 32.1 Å². The average Bonchev–Trinajstić information content (AvgIpc) is 3.18. The molecule has 0 unspecified atom stereocenters. The van der Waals surface area contributed by atoms with Gasteiger partial charge in [0, 0.05) is 18.2 Å². The Hall–Kier alpha value is -2.34. The summed E-state index contributed by atoms with van der Waals surface area (Å²) < 4.78 is 11.3. The zero-order valence-electron chi connectivity index (χ0n) is 18.6. The maximum atomic E-state index is 12.9. The Morgan fingerprint density at radius 3 is 2.52 bits per heavy atom. The van der Waals surface area contributed by atoms with E-state index in [1.54, 1.807) is 12.1 Å². The van der Waals surface area contributed by atoms with Crippen molar-refractivity contribution < 1.29 is 19.1 Å². The lowest BCUT2D eigenvalue weighted by Gasteiger charge is -2.28. The summed E-state index contributed by atoms with van der Waals surface area (Å²) in [6, 6.07) is 9.35. The first kappa shape index (κ1) is 21.9. The molecule has 1 aromatic heterocycles. The second-order valence-electron chi connectivity index (χ2n) is 9.46. The van der Waals surface area contributed by atoms with Gasteiger partial charge in [0.25, 0.3) is 0 Å². The molecule has 0 bridgehead atoms. The van der Waals surface area contributed by atoms with Crippen molar-refractivity contribution in [1.82, 2.24) is 0 Å². The smallest absolute Gasteiger partial charge is 0.338 e. The molecular formula is C25H31NO4S. The summed E-state index contributed by atoms with van der Waals surface area (Å²) in [4.78, 5) is 28.1. The second kappa shape index (κ2) is 9.03. The molecule has 0 spiro atoms. The van der Waals surface area contributed by atoms with Crippen molar-refractivity contribution in [3.63, 3.8) is 0 Å². The molecule has 5 nitrogen and oxygen atoms in total. The third-order valence-corrected chi connectivity index (χ3v) is 6.96. The predicted molar refractivity (Wildman–Crippen MR) is 124 cm³/mol. The van der Waals surface area contributed by atoms with Crippen molar-refractivity contribution in [3.05, 3.63) is 40.8 Å². The van der Waals surface area contributed by atoms with E-state index in [2.05, 4.69) is 4.90 Å². The van der Waals surface area contributed by atoms with Crippen molar-refractivity contribution in [2.45, 2.75) is 64.9 Å². The lowest BCUT2D eigenvalue weighted by atomic mass is 9.85. The Bertz CT molecular complexity index is 935. The SMILES string of the molecule is CC(C)(C)OC(=O)c1ccc(N2CCOc3cc(C(=O)CC4CCCCC4)sc32)cc1. The number of benzene rings is 1. The predicted octanol–water partition coefficient (Wildman–Crippen LogP) is 6.39. The fraction of sp³-hybridized carbons (Fsp3) is 0.520. The summed E-state index contributed by atoms with van der Waals surface area (Å²) in [5, 5.41) is 0.961. The standard InChI is InChI=1S/C25H31NO4S/c1-25(2,3)30-24(28)18-9-11-19(12-10-18)26-13-14-29-21-16-22(31-23(21)26)20(27)15-17-7-5-4-6-8-17/h9-12,16-17H,4-8,13-15H2,1-3H3. The van der Waals surface area contributed by atoms with Crippen LogP contribution in [0.4, 0.5) is 10.7 Å². The molecule has 2 aliphatic rings. The molecule has 0 saturated heterocycles. The molecule has 4 rings (SSSR count). The van der Waals surface area contributed by atoms with Crippen LogP contribution < -0.4 is 9.64 Å². The van der Waals surface area contributed by atoms with Crippen LogP contribution in [0.3, 0.4) is 0 Å². The molecule has 2 aromatic rings. The molecule has 6 heteroatoms. The summed E-state index contributed by atoms with van der Waals surface area (Å²) in [7, 11) is 0. The summed E-state index contributed by atoms with van der Waals surface area (Å²) in [5.41, 5.74) is 0.985. The highest BCUT2D eigenvalue weighted by Crippen LogP contribution is 2.44. The van der Waals surface area contributed by atoms with Crippen molar-refractivity contribution >= 4 is 33.8 Å². The lowest BCUT2D eigenvalue weighted by molar-refractivity contribution is 0.00694. The van der Waals surface area contributed by atoms with E-state index in [0.717, 1.165) is 21.3 Å². The molecule has 166 valence electrons. The topological polar surface area (TPSA) is 55.8 Å². The highest BCUT2D eigenvalue weighted by atomic mass is 32.1. The largest absolute Gasteiger partial charge is 0.489 e. The van der Waals surface area contributed by atoms with E-state index in [1.165, 1.54) is 43.4 Å². The van der Waals surface area contributed by atoms with Gasteiger partial charge in [0.1, 0.15) is 17.2 Å². The second-order valence-corrected chi connectivity index (χ2v) is 10.5. The minimum Gasteiger partial charge on any atom is -0.489 e. The summed E-state index contributed by atoms with van der Waals surface area (Å²) in [6.45, 7) is 6.85. The molecule has 0 radical (unpaired) electrons. The van der Waals surface area contributed by atoms with Crippen LogP contribution in [-0.2, 0) is 4.74 Å². The third kappa shape index (κ3) is 5.29. The molecule has 0 N–H and O–H groups in total. The molecule has 1 saturated carbocycles. The van der Waals surface area contributed by atoms with E-state index >= 15 is 0 Å². The van der Waals surface area contributed by atoms with Crippen LogP contribution in [-0.4, -0.2) is 30.5 Å². The first-order valence-electron chi connectivity index (χ1n) is 11.2. The fourth-order valence-electron chi connectivity index (χ4n) is 4.26. The van der Waals surface area contributed by atoms with Crippen molar-refractivity contribution in [2.75, 3.05) is 18.1 Å². The molecule has 1 aliphatic carbocycles. The number of carbonyl (C=O) groups is 2. The van der Waals surface area contributed by atoms with Gasteiger partial charge in [-0.2, -0.15) is 0 Å². The van der Waals surface area contributed by atoms with Crippen molar-refractivity contribution in [2.24, 2.45) is 5.92 Å². The van der Waals surface area contributed by atoms with E-state index in [0.29, 0.717) is 31.1 Å². The summed E-state index contributed by atoms with van der Waals surface area (Å²) >= 11 is 1.51. The third-order valence-electron chi connectivity index (χ3n) is 5.78. The van der Waals surface area contributed by atoms with Gasteiger partial charge in [0.2, 0.25) is 0 Å².